The van der Waals surface area contributed by atoms with Gasteiger partial charge < -0.3 is 5.11 Å². The minimum atomic E-state index is -3.33. The third kappa shape index (κ3) is 6.94. The van der Waals surface area contributed by atoms with E-state index in [0.717, 1.165) is 0 Å². The van der Waals surface area contributed by atoms with Gasteiger partial charge in [0.15, 0.2) is 0 Å². The lowest BCUT2D eigenvalue weighted by Crippen LogP contribution is -2.38. The molecule has 0 amide bonds. The largest absolute Gasteiger partial charge is 0.396 e. The van der Waals surface area contributed by atoms with Crippen LogP contribution in [0.3, 0.4) is 0 Å². The minimum absolute atomic E-state index is 0.0874. The van der Waals surface area contributed by atoms with Crippen molar-refractivity contribution in [2.45, 2.75) is 20.3 Å². The summed E-state index contributed by atoms with van der Waals surface area (Å²) in [4.78, 5) is 0. The van der Waals surface area contributed by atoms with Gasteiger partial charge in [-0.2, -0.15) is 8.42 Å². The van der Waals surface area contributed by atoms with Crippen LogP contribution in [0.5, 0.6) is 0 Å². The van der Waals surface area contributed by atoms with E-state index in [4.69, 9.17) is 5.11 Å². The SMILES string of the molecule is CCNS(=O)(=O)NCC(C)CCO. The Balaban J connectivity index is 3.74. The van der Waals surface area contributed by atoms with E-state index in [1.807, 2.05) is 6.92 Å². The van der Waals surface area contributed by atoms with Crippen LogP contribution in [-0.2, 0) is 10.2 Å². The fourth-order valence-corrected chi connectivity index (χ4v) is 1.80. The van der Waals surface area contributed by atoms with Crippen molar-refractivity contribution < 1.29 is 13.5 Å². The Morgan fingerprint density at radius 2 is 2.00 bits per heavy atom. The molecule has 0 fully saturated rings. The maximum Gasteiger partial charge on any atom is 0.276 e. The quantitative estimate of drug-likeness (QED) is 0.527. The lowest BCUT2D eigenvalue weighted by molar-refractivity contribution is 0.263. The van der Waals surface area contributed by atoms with Crippen LogP contribution in [0.1, 0.15) is 20.3 Å². The van der Waals surface area contributed by atoms with Crippen LogP contribution in [0.25, 0.3) is 0 Å². The molecule has 3 N–H and O–H groups in total. The average Bonchev–Trinajstić information content (AvgIpc) is 2.02. The van der Waals surface area contributed by atoms with Crippen molar-refractivity contribution in [1.82, 2.24) is 9.44 Å². The van der Waals surface area contributed by atoms with Crippen LogP contribution in [0.15, 0.2) is 0 Å². The molecule has 0 radical (unpaired) electrons. The molecule has 0 aromatic carbocycles. The van der Waals surface area contributed by atoms with Gasteiger partial charge in [-0.1, -0.05) is 13.8 Å². The molecule has 0 bridgehead atoms. The fourth-order valence-electron chi connectivity index (χ4n) is 0.815. The minimum Gasteiger partial charge on any atom is -0.396 e. The van der Waals surface area contributed by atoms with Crippen molar-refractivity contribution in [3.8, 4) is 0 Å². The summed E-state index contributed by atoms with van der Waals surface area (Å²) in [5.74, 6) is 0.151. The molecule has 0 rings (SSSR count). The van der Waals surface area contributed by atoms with Gasteiger partial charge in [0.1, 0.15) is 0 Å². The summed E-state index contributed by atoms with van der Waals surface area (Å²) >= 11 is 0. The Morgan fingerprint density at radius 1 is 1.38 bits per heavy atom. The molecule has 13 heavy (non-hydrogen) atoms. The highest BCUT2D eigenvalue weighted by molar-refractivity contribution is 7.87. The molecule has 0 aliphatic heterocycles. The van der Waals surface area contributed by atoms with Crippen molar-refractivity contribution >= 4 is 10.2 Å². The second kappa shape index (κ2) is 6.31. The second-order valence-corrected chi connectivity index (χ2v) is 4.55. The normalized spacial score (nSPS) is 14.4. The van der Waals surface area contributed by atoms with E-state index in [0.29, 0.717) is 19.5 Å². The van der Waals surface area contributed by atoms with E-state index in [9.17, 15) is 8.42 Å². The molecule has 0 heterocycles. The zero-order chi connectivity index (χ0) is 10.3. The molecular formula is C7H18N2O3S. The van der Waals surface area contributed by atoms with Crippen LogP contribution in [0, 0.1) is 5.92 Å². The number of nitrogens with one attached hydrogen (secondary N) is 2. The highest BCUT2D eigenvalue weighted by Gasteiger charge is 2.09. The molecule has 0 saturated carbocycles. The standard InChI is InChI=1S/C7H18N2O3S/c1-3-8-13(11,12)9-6-7(2)4-5-10/h7-10H,3-6H2,1-2H3. The summed E-state index contributed by atoms with van der Waals surface area (Å²) in [5.41, 5.74) is 0. The van der Waals surface area contributed by atoms with E-state index in [1.54, 1.807) is 6.92 Å². The van der Waals surface area contributed by atoms with Gasteiger partial charge in [0.2, 0.25) is 0 Å². The Bertz CT molecular complexity index is 216. The zero-order valence-corrected chi connectivity index (χ0v) is 8.89. The van der Waals surface area contributed by atoms with E-state index in [-0.39, 0.29) is 12.5 Å². The van der Waals surface area contributed by atoms with Crippen molar-refractivity contribution in [2.75, 3.05) is 19.7 Å². The molecule has 0 aromatic rings. The van der Waals surface area contributed by atoms with E-state index >= 15 is 0 Å². The third-order valence-electron chi connectivity index (χ3n) is 1.58. The second-order valence-electron chi connectivity index (χ2n) is 2.97. The maximum atomic E-state index is 11.1. The van der Waals surface area contributed by atoms with Gasteiger partial charge in [-0.25, -0.2) is 9.44 Å². The van der Waals surface area contributed by atoms with Gasteiger partial charge in [0.25, 0.3) is 10.2 Å². The summed E-state index contributed by atoms with van der Waals surface area (Å²) in [6, 6.07) is 0. The highest BCUT2D eigenvalue weighted by Crippen LogP contribution is 1.98. The zero-order valence-electron chi connectivity index (χ0n) is 8.08. The van der Waals surface area contributed by atoms with Gasteiger partial charge in [0.05, 0.1) is 0 Å². The number of aliphatic hydroxyl groups excluding tert-OH is 1. The fraction of sp³-hybridized carbons (Fsp3) is 1.00. The van der Waals surface area contributed by atoms with Gasteiger partial charge in [-0.15, -0.1) is 0 Å². The predicted molar refractivity (Wildman–Crippen MR) is 51.5 cm³/mol. The smallest absolute Gasteiger partial charge is 0.276 e. The first-order valence-corrected chi connectivity index (χ1v) is 5.85. The van der Waals surface area contributed by atoms with Gasteiger partial charge in [0, 0.05) is 19.7 Å². The van der Waals surface area contributed by atoms with Crippen molar-refractivity contribution in [3.05, 3.63) is 0 Å². The first-order valence-electron chi connectivity index (χ1n) is 4.37. The molecule has 1 unspecified atom stereocenters. The number of hydrogen-bond donors (Lipinski definition) is 3. The van der Waals surface area contributed by atoms with Crippen LogP contribution < -0.4 is 9.44 Å². The molecular weight excluding hydrogens is 192 g/mol. The summed E-state index contributed by atoms with van der Waals surface area (Å²) in [6.45, 7) is 4.42. The molecule has 0 aliphatic rings. The summed E-state index contributed by atoms with van der Waals surface area (Å²) in [5, 5.41) is 8.58. The average molecular weight is 210 g/mol. The molecule has 0 aliphatic carbocycles. The van der Waals surface area contributed by atoms with E-state index in [2.05, 4.69) is 9.44 Å². The Hall–Kier alpha value is -0.170. The van der Waals surface area contributed by atoms with Crippen LogP contribution in [-0.4, -0.2) is 33.2 Å². The molecule has 6 heteroatoms. The highest BCUT2D eigenvalue weighted by atomic mass is 32.2. The lowest BCUT2D eigenvalue weighted by atomic mass is 10.1. The Kier molecular flexibility index (Phi) is 6.23. The van der Waals surface area contributed by atoms with Gasteiger partial charge in [-0.05, 0) is 12.3 Å². The number of aliphatic hydroxyl groups is 1. The maximum absolute atomic E-state index is 11.1. The molecule has 80 valence electrons. The number of hydrogen-bond acceptors (Lipinski definition) is 3. The predicted octanol–water partition coefficient (Wildman–Crippen LogP) is -0.551. The molecule has 0 spiro atoms. The molecule has 5 nitrogen and oxygen atoms in total. The Labute approximate surface area is 79.7 Å². The summed E-state index contributed by atoms with van der Waals surface area (Å²) < 4.78 is 26.8. The molecule has 0 saturated heterocycles. The van der Waals surface area contributed by atoms with Crippen molar-refractivity contribution in [1.29, 1.82) is 0 Å². The first-order chi connectivity index (χ1) is 6.02. The lowest BCUT2D eigenvalue weighted by Gasteiger charge is -2.11. The van der Waals surface area contributed by atoms with Gasteiger partial charge >= 0.3 is 0 Å². The van der Waals surface area contributed by atoms with Crippen LogP contribution in [0.4, 0.5) is 0 Å². The summed E-state index contributed by atoms with van der Waals surface area (Å²) in [7, 11) is -3.33. The van der Waals surface area contributed by atoms with E-state index in [1.165, 1.54) is 0 Å². The molecule has 0 aromatic heterocycles. The Morgan fingerprint density at radius 3 is 2.46 bits per heavy atom. The first kappa shape index (κ1) is 12.8. The van der Waals surface area contributed by atoms with Gasteiger partial charge in [-0.3, -0.25) is 0 Å². The summed E-state index contributed by atoms with van der Waals surface area (Å²) in [6.07, 6.45) is 0.606. The number of rotatable bonds is 7. The third-order valence-corrected chi connectivity index (χ3v) is 2.79. The topological polar surface area (TPSA) is 78.4 Å². The van der Waals surface area contributed by atoms with Crippen molar-refractivity contribution in [3.63, 3.8) is 0 Å². The van der Waals surface area contributed by atoms with Crippen molar-refractivity contribution in [2.24, 2.45) is 5.92 Å². The molecule has 1 atom stereocenters. The van der Waals surface area contributed by atoms with Crippen LogP contribution >= 0.6 is 0 Å². The monoisotopic (exact) mass is 210 g/mol. The van der Waals surface area contributed by atoms with Crippen LogP contribution in [0.2, 0.25) is 0 Å². The van der Waals surface area contributed by atoms with E-state index < -0.39 is 10.2 Å².